The average molecular weight is 256 g/mol. The van der Waals surface area contributed by atoms with Crippen LogP contribution in [0, 0.1) is 11.3 Å². The van der Waals surface area contributed by atoms with E-state index in [1.54, 1.807) is 6.07 Å². The predicted molar refractivity (Wildman–Crippen MR) is 64.2 cm³/mol. The molecule has 0 aliphatic rings. The largest absolute Gasteiger partial charge is 0.418 e. The van der Waals surface area contributed by atoms with E-state index in [4.69, 9.17) is 5.26 Å². The lowest BCUT2D eigenvalue weighted by Crippen LogP contribution is -2.20. The van der Waals surface area contributed by atoms with Gasteiger partial charge in [-0.15, -0.1) is 0 Å². The number of halogens is 3. The molecule has 0 saturated heterocycles. The van der Waals surface area contributed by atoms with Crippen LogP contribution >= 0.6 is 0 Å². The minimum atomic E-state index is -4.46. The SMILES string of the molecule is CCC(CC)Nc1ccc(C#N)cc1C(F)(F)F. The van der Waals surface area contributed by atoms with Crippen LogP contribution in [0.3, 0.4) is 0 Å². The van der Waals surface area contributed by atoms with Gasteiger partial charge in [-0.3, -0.25) is 0 Å². The Labute approximate surface area is 104 Å². The van der Waals surface area contributed by atoms with Crippen molar-refractivity contribution in [1.29, 1.82) is 5.26 Å². The lowest BCUT2D eigenvalue weighted by Gasteiger charge is -2.20. The first-order chi connectivity index (χ1) is 8.42. The molecular formula is C13H15F3N2. The van der Waals surface area contributed by atoms with Gasteiger partial charge in [-0.25, -0.2) is 0 Å². The number of hydrogen-bond acceptors (Lipinski definition) is 2. The van der Waals surface area contributed by atoms with E-state index in [0.29, 0.717) is 0 Å². The summed E-state index contributed by atoms with van der Waals surface area (Å²) in [6.45, 7) is 3.83. The molecule has 5 heteroatoms. The molecule has 0 aliphatic carbocycles. The minimum absolute atomic E-state index is 0.000893. The molecule has 0 radical (unpaired) electrons. The van der Waals surface area contributed by atoms with Gasteiger partial charge in [0.15, 0.2) is 0 Å². The number of nitrogens with one attached hydrogen (secondary N) is 1. The van der Waals surface area contributed by atoms with Crippen molar-refractivity contribution in [1.82, 2.24) is 0 Å². The zero-order chi connectivity index (χ0) is 13.8. The van der Waals surface area contributed by atoms with Gasteiger partial charge in [0.1, 0.15) is 0 Å². The molecule has 0 spiro atoms. The molecule has 0 atom stereocenters. The lowest BCUT2D eigenvalue weighted by molar-refractivity contribution is -0.137. The molecule has 1 N–H and O–H groups in total. The highest BCUT2D eigenvalue weighted by Gasteiger charge is 2.34. The number of nitrogens with zero attached hydrogens (tertiary/aromatic N) is 1. The third kappa shape index (κ3) is 3.39. The van der Waals surface area contributed by atoms with Crippen LogP contribution in [0.4, 0.5) is 18.9 Å². The van der Waals surface area contributed by atoms with E-state index >= 15 is 0 Å². The summed E-state index contributed by atoms with van der Waals surface area (Å²) >= 11 is 0. The lowest BCUT2D eigenvalue weighted by atomic mass is 10.1. The van der Waals surface area contributed by atoms with Crippen molar-refractivity contribution in [2.75, 3.05) is 5.32 Å². The van der Waals surface area contributed by atoms with Crippen molar-refractivity contribution in [3.63, 3.8) is 0 Å². The molecule has 1 aromatic carbocycles. The van der Waals surface area contributed by atoms with E-state index in [1.807, 2.05) is 13.8 Å². The Bertz CT molecular complexity index is 443. The molecule has 98 valence electrons. The summed E-state index contributed by atoms with van der Waals surface area (Å²) < 4.78 is 38.6. The summed E-state index contributed by atoms with van der Waals surface area (Å²) in [5.41, 5.74) is -0.735. The van der Waals surface area contributed by atoms with Gasteiger partial charge in [0, 0.05) is 11.7 Å². The Kier molecular flexibility index (Phi) is 4.60. The molecule has 2 nitrogen and oxygen atoms in total. The Hall–Kier alpha value is -1.70. The van der Waals surface area contributed by atoms with E-state index in [0.717, 1.165) is 18.9 Å². The van der Waals surface area contributed by atoms with Crippen LogP contribution in [0.2, 0.25) is 0 Å². The van der Waals surface area contributed by atoms with Gasteiger partial charge in [0.25, 0.3) is 0 Å². The van der Waals surface area contributed by atoms with Crippen LogP contribution in [0.5, 0.6) is 0 Å². The number of rotatable bonds is 4. The molecule has 0 unspecified atom stereocenters. The predicted octanol–water partition coefficient (Wildman–Crippen LogP) is 4.18. The molecule has 0 saturated carbocycles. The fraction of sp³-hybridized carbons (Fsp3) is 0.462. The van der Waals surface area contributed by atoms with E-state index in [1.165, 1.54) is 12.1 Å². The Morgan fingerprint density at radius 1 is 1.28 bits per heavy atom. The highest BCUT2D eigenvalue weighted by atomic mass is 19.4. The Morgan fingerprint density at radius 3 is 2.33 bits per heavy atom. The first-order valence-electron chi connectivity index (χ1n) is 5.80. The van der Waals surface area contributed by atoms with Crippen molar-refractivity contribution < 1.29 is 13.2 Å². The molecule has 0 heterocycles. The topological polar surface area (TPSA) is 35.8 Å². The van der Waals surface area contributed by atoms with Crippen molar-refractivity contribution in [2.24, 2.45) is 0 Å². The third-order valence-corrected chi connectivity index (χ3v) is 2.80. The second kappa shape index (κ2) is 5.76. The molecule has 0 aromatic heterocycles. The number of anilines is 1. The van der Waals surface area contributed by atoms with Gasteiger partial charge in [0.2, 0.25) is 0 Å². The maximum Gasteiger partial charge on any atom is 0.418 e. The van der Waals surface area contributed by atoms with Gasteiger partial charge in [-0.05, 0) is 31.0 Å². The third-order valence-electron chi connectivity index (χ3n) is 2.80. The summed E-state index contributed by atoms with van der Waals surface area (Å²) in [6, 6.07) is 5.31. The van der Waals surface area contributed by atoms with Crippen LogP contribution in [0.1, 0.15) is 37.8 Å². The fourth-order valence-corrected chi connectivity index (χ4v) is 1.69. The normalized spacial score (nSPS) is 11.4. The van der Waals surface area contributed by atoms with Gasteiger partial charge >= 0.3 is 6.18 Å². The van der Waals surface area contributed by atoms with Crippen LogP contribution in [0.25, 0.3) is 0 Å². The summed E-state index contributed by atoms with van der Waals surface area (Å²) in [5.74, 6) is 0. The first-order valence-corrected chi connectivity index (χ1v) is 5.80. The van der Waals surface area contributed by atoms with Crippen molar-refractivity contribution in [3.8, 4) is 6.07 Å². The Morgan fingerprint density at radius 2 is 1.89 bits per heavy atom. The van der Waals surface area contributed by atoms with E-state index in [9.17, 15) is 13.2 Å². The number of benzene rings is 1. The molecule has 18 heavy (non-hydrogen) atoms. The van der Waals surface area contributed by atoms with Crippen molar-refractivity contribution in [3.05, 3.63) is 29.3 Å². The van der Waals surface area contributed by atoms with Crippen molar-refractivity contribution >= 4 is 5.69 Å². The second-order valence-corrected chi connectivity index (χ2v) is 4.03. The molecule has 0 aliphatic heterocycles. The van der Waals surface area contributed by atoms with E-state index in [2.05, 4.69) is 5.32 Å². The summed E-state index contributed by atoms with van der Waals surface area (Å²) in [5, 5.41) is 11.5. The molecule has 1 rings (SSSR count). The average Bonchev–Trinajstić information content (AvgIpc) is 2.34. The summed E-state index contributed by atoms with van der Waals surface area (Å²) in [7, 11) is 0. The van der Waals surface area contributed by atoms with Crippen LogP contribution in [0.15, 0.2) is 18.2 Å². The Balaban J connectivity index is 3.15. The van der Waals surface area contributed by atoms with Gasteiger partial charge in [-0.2, -0.15) is 18.4 Å². The van der Waals surface area contributed by atoms with Crippen LogP contribution in [-0.2, 0) is 6.18 Å². The van der Waals surface area contributed by atoms with Crippen molar-refractivity contribution in [2.45, 2.75) is 38.9 Å². The second-order valence-electron chi connectivity index (χ2n) is 4.03. The highest BCUT2D eigenvalue weighted by molar-refractivity contribution is 5.56. The first kappa shape index (κ1) is 14.4. The number of alkyl halides is 3. The monoisotopic (exact) mass is 256 g/mol. The highest BCUT2D eigenvalue weighted by Crippen LogP contribution is 2.36. The van der Waals surface area contributed by atoms with E-state index in [-0.39, 0.29) is 17.3 Å². The maximum atomic E-state index is 12.9. The molecule has 0 fully saturated rings. The standard InChI is InChI=1S/C13H15F3N2/c1-3-10(4-2)18-12-6-5-9(8-17)7-11(12)13(14,15)16/h5-7,10,18H,3-4H2,1-2H3. The molecule has 0 bridgehead atoms. The quantitative estimate of drug-likeness (QED) is 0.877. The van der Waals surface area contributed by atoms with E-state index < -0.39 is 11.7 Å². The fourth-order valence-electron chi connectivity index (χ4n) is 1.69. The zero-order valence-corrected chi connectivity index (χ0v) is 10.3. The van der Waals surface area contributed by atoms with Crippen LogP contribution < -0.4 is 5.32 Å². The maximum absolute atomic E-state index is 12.9. The molecule has 1 aromatic rings. The smallest absolute Gasteiger partial charge is 0.382 e. The van der Waals surface area contributed by atoms with Gasteiger partial charge in [-0.1, -0.05) is 13.8 Å². The summed E-state index contributed by atoms with van der Waals surface area (Å²) in [6.07, 6.45) is -2.97. The summed E-state index contributed by atoms with van der Waals surface area (Å²) in [4.78, 5) is 0. The number of hydrogen-bond donors (Lipinski definition) is 1. The molecule has 0 amide bonds. The minimum Gasteiger partial charge on any atom is -0.382 e. The van der Waals surface area contributed by atoms with Gasteiger partial charge < -0.3 is 5.32 Å². The van der Waals surface area contributed by atoms with Crippen LogP contribution in [-0.4, -0.2) is 6.04 Å². The molecular weight excluding hydrogens is 241 g/mol. The van der Waals surface area contributed by atoms with Gasteiger partial charge in [0.05, 0.1) is 17.2 Å². The zero-order valence-electron chi connectivity index (χ0n) is 10.3. The number of nitriles is 1.